The third-order valence-corrected chi connectivity index (χ3v) is 4.77. The average molecular weight is 326 g/mol. The summed E-state index contributed by atoms with van der Waals surface area (Å²) in [6, 6.07) is 9.99. The van der Waals surface area contributed by atoms with Crippen LogP contribution in [-0.4, -0.2) is 24.6 Å². The fourth-order valence-electron chi connectivity index (χ4n) is 3.43. The first-order valence-electron chi connectivity index (χ1n) is 8.52. The maximum Gasteiger partial charge on any atom is 0.227 e. The Bertz CT molecular complexity index is 740. The van der Waals surface area contributed by atoms with Crippen LogP contribution in [0.2, 0.25) is 0 Å². The number of hydrogen-bond donors (Lipinski definition) is 1. The fourth-order valence-corrected chi connectivity index (χ4v) is 3.43. The van der Waals surface area contributed by atoms with Crippen molar-refractivity contribution in [3.05, 3.63) is 63.7 Å². The van der Waals surface area contributed by atoms with E-state index >= 15 is 0 Å². The molecule has 0 bridgehead atoms. The Balaban J connectivity index is 1.37. The highest BCUT2D eigenvalue weighted by molar-refractivity contribution is 5.30. The van der Waals surface area contributed by atoms with Crippen molar-refractivity contribution in [2.75, 3.05) is 19.7 Å². The lowest BCUT2D eigenvalue weighted by atomic mass is 10.1. The van der Waals surface area contributed by atoms with Crippen molar-refractivity contribution in [2.45, 2.75) is 26.1 Å². The number of fused-ring (bicyclic) bond motifs is 1. The molecule has 4 rings (SSSR count). The molecule has 2 aromatic rings. The molecule has 0 saturated carbocycles. The van der Waals surface area contributed by atoms with Crippen LogP contribution < -0.4 is 15.5 Å². The Kier molecular flexibility index (Phi) is 4.36. The van der Waals surface area contributed by atoms with E-state index in [0.717, 1.165) is 32.6 Å². The Morgan fingerprint density at radius 3 is 2.71 bits per heavy atom. The van der Waals surface area contributed by atoms with Crippen molar-refractivity contribution in [2.24, 2.45) is 5.92 Å². The van der Waals surface area contributed by atoms with Crippen LogP contribution in [-0.2, 0) is 19.6 Å². The van der Waals surface area contributed by atoms with E-state index in [-0.39, 0.29) is 5.43 Å². The van der Waals surface area contributed by atoms with Gasteiger partial charge in [0.25, 0.3) is 0 Å². The second-order valence-corrected chi connectivity index (χ2v) is 6.66. The Hall–Kier alpha value is -2.11. The van der Waals surface area contributed by atoms with Gasteiger partial charge in [-0.25, -0.2) is 0 Å². The molecule has 1 aromatic carbocycles. The van der Waals surface area contributed by atoms with Gasteiger partial charge in [-0.1, -0.05) is 24.3 Å². The molecule has 0 spiro atoms. The molecule has 0 amide bonds. The molecular weight excluding hydrogens is 304 g/mol. The number of ether oxygens (including phenoxy) is 1. The number of nitrogens with zero attached hydrogens (tertiary/aromatic N) is 1. The van der Waals surface area contributed by atoms with Crippen molar-refractivity contribution < 1.29 is 9.15 Å². The van der Waals surface area contributed by atoms with Crippen LogP contribution in [0, 0.1) is 5.92 Å². The largest absolute Gasteiger partial charge is 0.486 e. The summed E-state index contributed by atoms with van der Waals surface area (Å²) in [5, 5.41) is 3.29. The Morgan fingerprint density at radius 2 is 2.04 bits per heavy atom. The number of nitrogens with one attached hydrogen (secondary N) is 1. The summed E-state index contributed by atoms with van der Waals surface area (Å²) in [7, 11) is 0. The smallest absolute Gasteiger partial charge is 0.227 e. The number of hydrogen-bond acceptors (Lipinski definition) is 5. The van der Waals surface area contributed by atoms with Gasteiger partial charge in [0.05, 0.1) is 13.2 Å². The lowest BCUT2D eigenvalue weighted by molar-refractivity contribution is 0.233. The van der Waals surface area contributed by atoms with Crippen molar-refractivity contribution in [3.63, 3.8) is 0 Å². The van der Waals surface area contributed by atoms with Gasteiger partial charge in [-0.3, -0.25) is 9.69 Å². The maximum absolute atomic E-state index is 12.2. The molecule has 1 saturated heterocycles. The van der Waals surface area contributed by atoms with E-state index in [0.29, 0.717) is 30.6 Å². The van der Waals surface area contributed by atoms with E-state index in [1.165, 1.54) is 17.4 Å². The Labute approximate surface area is 141 Å². The van der Waals surface area contributed by atoms with Gasteiger partial charge in [0.15, 0.2) is 0 Å². The van der Waals surface area contributed by atoms with Crippen LogP contribution in [0.25, 0.3) is 0 Å². The van der Waals surface area contributed by atoms with E-state index in [9.17, 15) is 4.79 Å². The summed E-state index contributed by atoms with van der Waals surface area (Å²) in [5.74, 6) is 1.48. The summed E-state index contributed by atoms with van der Waals surface area (Å²) in [6.07, 6.45) is 2.56. The van der Waals surface area contributed by atoms with Crippen LogP contribution >= 0.6 is 0 Å². The zero-order valence-corrected chi connectivity index (χ0v) is 13.7. The molecule has 2 aliphatic heterocycles. The molecule has 5 nitrogen and oxygen atoms in total. The van der Waals surface area contributed by atoms with Gasteiger partial charge in [-0.05, 0) is 24.1 Å². The highest BCUT2D eigenvalue weighted by atomic mass is 16.5. The minimum Gasteiger partial charge on any atom is -0.486 e. The molecule has 1 N–H and O–H groups in total. The zero-order chi connectivity index (χ0) is 16.4. The molecule has 1 unspecified atom stereocenters. The number of benzene rings is 1. The van der Waals surface area contributed by atoms with Crippen molar-refractivity contribution in [1.29, 1.82) is 0 Å². The molecule has 1 atom stereocenters. The summed E-state index contributed by atoms with van der Waals surface area (Å²) in [4.78, 5) is 14.5. The third-order valence-electron chi connectivity index (χ3n) is 4.77. The van der Waals surface area contributed by atoms with Crippen LogP contribution in [0.4, 0.5) is 0 Å². The molecule has 24 heavy (non-hydrogen) atoms. The standard InChI is InChI=1S/C19H22N2O3/c22-18-7-17(11-21-9-15-3-1-2-4-16(15)10-21)23-13-19(18)24-12-14-5-6-20-8-14/h1-4,7,13-14,20H,5-6,8-12H2. The predicted molar refractivity (Wildman–Crippen MR) is 90.8 cm³/mol. The van der Waals surface area contributed by atoms with Crippen LogP contribution in [0.15, 0.2) is 45.8 Å². The van der Waals surface area contributed by atoms with E-state index in [1.54, 1.807) is 6.07 Å². The third kappa shape index (κ3) is 3.37. The zero-order valence-electron chi connectivity index (χ0n) is 13.7. The molecule has 126 valence electrons. The molecule has 5 heteroatoms. The van der Waals surface area contributed by atoms with Gasteiger partial charge in [0, 0.05) is 31.6 Å². The maximum atomic E-state index is 12.2. The minimum absolute atomic E-state index is 0.0982. The highest BCUT2D eigenvalue weighted by Crippen LogP contribution is 2.24. The minimum atomic E-state index is -0.0982. The molecule has 1 fully saturated rings. The van der Waals surface area contributed by atoms with E-state index in [4.69, 9.17) is 9.15 Å². The molecule has 3 heterocycles. The fraction of sp³-hybridized carbons (Fsp3) is 0.421. The molecule has 0 aliphatic carbocycles. The van der Waals surface area contributed by atoms with Gasteiger partial charge in [0.2, 0.25) is 11.2 Å². The monoisotopic (exact) mass is 326 g/mol. The topological polar surface area (TPSA) is 54.7 Å². The van der Waals surface area contributed by atoms with E-state index in [2.05, 4.69) is 34.5 Å². The second-order valence-electron chi connectivity index (χ2n) is 6.66. The van der Waals surface area contributed by atoms with Gasteiger partial charge in [0.1, 0.15) is 12.0 Å². The van der Waals surface area contributed by atoms with Gasteiger partial charge >= 0.3 is 0 Å². The molecule has 2 aliphatic rings. The van der Waals surface area contributed by atoms with Gasteiger partial charge in [-0.2, -0.15) is 0 Å². The van der Waals surface area contributed by atoms with Gasteiger partial charge in [-0.15, -0.1) is 0 Å². The van der Waals surface area contributed by atoms with Crippen molar-refractivity contribution in [1.82, 2.24) is 10.2 Å². The lowest BCUT2D eigenvalue weighted by Crippen LogP contribution is -2.19. The average Bonchev–Trinajstić information content (AvgIpc) is 3.22. The van der Waals surface area contributed by atoms with Crippen molar-refractivity contribution >= 4 is 0 Å². The molecular formula is C19H22N2O3. The SMILES string of the molecule is O=c1cc(CN2Cc3ccccc3C2)occ1OCC1CCNC1. The highest BCUT2D eigenvalue weighted by Gasteiger charge is 2.20. The molecule has 1 aromatic heterocycles. The first kappa shape index (κ1) is 15.4. The van der Waals surface area contributed by atoms with Crippen molar-refractivity contribution in [3.8, 4) is 5.75 Å². The predicted octanol–water partition coefficient (Wildman–Crippen LogP) is 2.14. The second kappa shape index (κ2) is 6.79. The van der Waals surface area contributed by atoms with Gasteiger partial charge < -0.3 is 14.5 Å². The Morgan fingerprint density at radius 1 is 1.25 bits per heavy atom. The van der Waals surface area contributed by atoms with E-state index in [1.807, 2.05) is 0 Å². The van der Waals surface area contributed by atoms with E-state index < -0.39 is 0 Å². The van der Waals surface area contributed by atoms with Crippen LogP contribution in [0.1, 0.15) is 23.3 Å². The first-order valence-corrected chi connectivity index (χ1v) is 8.52. The van der Waals surface area contributed by atoms with Crippen LogP contribution in [0.3, 0.4) is 0 Å². The first-order chi connectivity index (χ1) is 11.8. The quantitative estimate of drug-likeness (QED) is 0.912. The lowest BCUT2D eigenvalue weighted by Gasteiger charge is -2.14. The molecule has 0 radical (unpaired) electrons. The normalized spacial score (nSPS) is 20.2. The summed E-state index contributed by atoms with van der Waals surface area (Å²) in [5.41, 5.74) is 2.61. The number of rotatable bonds is 5. The summed E-state index contributed by atoms with van der Waals surface area (Å²) >= 11 is 0. The summed E-state index contributed by atoms with van der Waals surface area (Å²) < 4.78 is 11.3. The van der Waals surface area contributed by atoms with Crippen LogP contribution in [0.5, 0.6) is 5.75 Å². The summed E-state index contributed by atoms with van der Waals surface area (Å²) in [6.45, 7) is 4.98.